The Bertz CT molecular complexity index is 763. The monoisotopic (exact) mass is 315 g/mol. The topological polar surface area (TPSA) is 160 Å². The molecule has 0 amide bonds. The van der Waals surface area contributed by atoms with Crippen LogP contribution in [0.1, 0.15) is 6.23 Å². The lowest BCUT2D eigenvalue weighted by atomic mass is 9.95. The SMILES string of the molecule is Nc1nc2c(ncn2[C@@H]2O[C@H](CO)C(O)[C@]2(O)CF)c(=O)[nH]1. The lowest BCUT2D eigenvalue weighted by molar-refractivity contribution is -0.118. The van der Waals surface area contributed by atoms with Gasteiger partial charge in [-0.25, -0.2) is 9.37 Å². The van der Waals surface area contributed by atoms with Gasteiger partial charge < -0.3 is 25.8 Å². The number of rotatable bonds is 3. The van der Waals surface area contributed by atoms with Crippen molar-refractivity contribution in [3.8, 4) is 0 Å². The summed E-state index contributed by atoms with van der Waals surface area (Å²) in [5.74, 6) is -0.194. The minimum atomic E-state index is -2.32. The molecule has 4 atom stereocenters. The maximum absolute atomic E-state index is 13.3. The molecule has 10 nitrogen and oxygen atoms in total. The molecule has 1 saturated heterocycles. The zero-order chi connectivity index (χ0) is 16.1. The number of nitrogens with two attached hydrogens (primary N) is 1. The second-order valence-corrected chi connectivity index (χ2v) is 5.05. The van der Waals surface area contributed by atoms with Crippen LogP contribution in [0.2, 0.25) is 0 Å². The summed E-state index contributed by atoms with van der Waals surface area (Å²) in [5, 5.41) is 29.4. The number of aromatic nitrogens is 4. The highest BCUT2D eigenvalue weighted by molar-refractivity contribution is 5.70. The van der Waals surface area contributed by atoms with Gasteiger partial charge in [-0.1, -0.05) is 0 Å². The molecule has 0 bridgehead atoms. The van der Waals surface area contributed by atoms with Gasteiger partial charge >= 0.3 is 0 Å². The van der Waals surface area contributed by atoms with Crippen LogP contribution in [0.25, 0.3) is 11.2 Å². The standard InChI is InChI=1S/C11H14FN5O5/c12-2-11(21)6(19)4(1-18)22-9(11)17-3-14-5-7(17)15-10(13)16-8(5)20/h3-4,6,9,18-19,21H,1-2H2,(H3,13,15,16,20)/t4-,6?,9-,11-/m1/s1. The molecule has 1 fully saturated rings. The van der Waals surface area contributed by atoms with E-state index in [1.807, 2.05) is 0 Å². The summed E-state index contributed by atoms with van der Waals surface area (Å²) >= 11 is 0. The van der Waals surface area contributed by atoms with Crippen LogP contribution < -0.4 is 11.3 Å². The van der Waals surface area contributed by atoms with Gasteiger partial charge in [-0.3, -0.25) is 14.3 Å². The molecule has 1 unspecified atom stereocenters. The average Bonchev–Trinajstić information content (AvgIpc) is 3.00. The number of hydrogen-bond donors (Lipinski definition) is 5. The van der Waals surface area contributed by atoms with E-state index in [1.165, 1.54) is 0 Å². The number of nitrogen functional groups attached to an aromatic ring is 1. The molecule has 0 saturated carbocycles. The van der Waals surface area contributed by atoms with Crippen LogP contribution in [0.4, 0.5) is 10.3 Å². The van der Waals surface area contributed by atoms with Crippen molar-refractivity contribution in [3.63, 3.8) is 0 Å². The van der Waals surface area contributed by atoms with Crippen molar-refractivity contribution < 1.29 is 24.4 Å². The second kappa shape index (κ2) is 4.98. The predicted molar refractivity (Wildman–Crippen MR) is 70.5 cm³/mol. The number of aliphatic hydroxyl groups excluding tert-OH is 2. The van der Waals surface area contributed by atoms with Gasteiger partial charge in [0.05, 0.1) is 12.9 Å². The molecular formula is C11H14FN5O5. The molecule has 0 spiro atoms. The van der Waals surface area contributed by atoms with Gasteiger partial charge in [-0.15, -0.1) is 0 Å². The second-order valence-electron chi connectivity index (χ2n) is 5.05. The van der Waals surface area contributed by atoms with E-state index < -0.39 is 42.9 Å². The molecule has 11 heteroatoms. The molecule has 1 aliphatic heterocycles. The van der Waals surface area contributed by atoms with E-state index >= 15 is 0 Å². The number of halogens is 1. The summed E-state index contributed by atoms with van der Waals surface area (Å²) in [4.78, 5) is 21.7. The first-order chi connectivity index (χ1) is 10.4. The van der Waals surface area contributed by atoms with E-state index in [0.29, 0.717) is 0 Å². The van der Waals surface area contributed by atoms with Crippen LogP contribution in [-0.2, 0) is 4.74 Å². The Morgan fingerprint density at radius 3 is 2.95 bits per heavy atom. The zero-order valence-electron chi connectivity index (χ0n) is 11.2. The van der Waals surface area contributed by atoms with Crippen LogP contribution in [0.3, 0.4) is 0 Å². The van der Waals surface area contributed by atoms with Crippen molar-refractivity contribution in [2.24, 2.45) is 0 Å². The van der Waals surface area contributed by atoms with E-state index in [4.69, 9.17) is 15.6 Å². The van der Waals surface area contributed by atoms with Crippen LogP contribution >= 0.6 is 0 Å². The summed E-state index contributed by atoms with van der Waals surface area (Å²) in [6, 6.07) is 0. The number of H-pyrrole nitrogens is 1. The summed E-state index contributed by atoms with van der Waals surface area (Å²) in [6.07, 6.45) is -3.17. The maximum atomic E-state index is 13.3. The number of nitrogens with one attached hydrogen (secondary N) is 1. The minimum absolute atomic E-state index is 0.0380. The fourth-order valence-corrected chi connectivity index (χ4v) is 2.53. The molecule has 120 valence electrons. The number of aromatic amines is 1. The van der Waals surface area contributed by atoms with Gasteiger partial charge in [0.2, 0.25) is 5.95 Å². The van der Waals surface area contributed by atoms with E-state index in [9.17, 15) is 19.4 Å². The van der Waals surface area contributed by atoms with E-state index in [2.05, 4.69) is 15.0 Å². The highest BCUT2D eigenvalue weighted by Crippen LogP contribution is 2.39. The van der Waals surface area contributed by atoms with Crippen molar-refractivity contribution >= 4 is 17.1 Å². The van der Waals surface area contributed by atoms with Crippen molar-refractivity contribution in [3.05, 3.63) is 16.7 Å². The molecule has 2 aromatic heterocycles. The number of alkyl halides is 1. The predicted octanol–water partition coefficient (Wildman–Crippen LogP) is -2.35. The Labute approximate surface area is 122 Å². The molecule has 0 aliphatic carbocycles. The third kappa shape index (κ3) is 1.90. The largest absolute Gasteiger partial charge is 0.394 e. The van der Waals surface area contributed by atoms with Crippen molar-refractivity contribution in [1.29, 1.82) is 0 Å². The summed E-state index contributed by atoms with van der Waals surface area (Å²) < 4.78 is 19.7. The third-order valence-corrected chi connectivity index (χ3v) is 3.69. The van der Waals surface area contributed by atoms with Crippen LogP contribution in [0, 0.1) is 0 Å². The molecule has 2 aromatic rings. The molecule has 1 aliphatic rings. The average molecular weight is 315 g/mol. The van der Waals surface area contributed by atoms with Gasteiger partial charge in [-0.05, 0) is 0 Å². The molecule has 0 radical (unpaired) electrons. The number of anilines is 1. The van der Waals surface area contributed by atoms with Crippen molar-refractivity contribution in [2.75, 3.05) is 19.0 Å². The number of ether oxygens (including phenoxy) is 1. The van der Waals surface area contributed by atoms with Gasteiger partial charge in [0.25, 0.3) is 5.56 Å². The lowest BCUT2D eigenvalue weighted by Crippen LogP contribution is -2.48. The number of nitrogens with zero attached hydrogens (tertiary/aromatic N) is 3. The van der Waals surface area contributed by atoms with Gasteiger partial charge in [-0.2, -0.15) is 4.98 Å². The molecule has 6 N–H and O–H groups in total. The number of aliphatic hydroxyl groups is 3. The van der Waals surface area contributed by atoms with Crippen molar-refractivity contribution in [2.45, 2.75) is 24.0 Å². The first-order valence-corrected chi connectivity index (χ1v) is 6.37. The maximum Gasteiger partial charge on any atom is 0.280 e. The van der Waals surface area contributed by atoms with Crippen LogP contribution in [0.5, 0.6) is 0 Å². The number of imidazole rings is 1. The fraction of sp³-hybridized carbons (Fsp3) is 0.545. The van der Waals surface area contributed by atoms with Gasteiger partial charge in [0.15, 0.2) is 23.0 Å². The molecular weight excluding hydrogens is 301 g/mol. The first kappa shape index (κ1) is 14.8. The highest BCUT2D eigenvalue weighted by atomic mass is 19.1. The number of fused-ring (bicyclic) bond motifs is 1. The normalized spacial score (nSPS) is 31.9. The summed E-state index contributed by atoms with van der Waals surface area (Å²) in [5.41, 5.74) is 2.41. The van der Waals surface area contributed by atoms with Gasteiger partial charge in [0.1, 0.15) is 18.9 Å². The highest BCUT2D eigenvalue weighted by Gasteiger charge is 2.56. The quantitative estimate of drug-likeness (QED) is 0.421. The Morgan fingerprint density at radius 2 is 2.32 bits per heavy atom. The van der Waals surface area contributed by atoms with E-state index in [-0.39, 0.29) is 17.1 Å². The minimum Gasteiger partial charge on any atom is -0.394 e. The van der Waals surface area contributed by atoms with Crippen LogP contribution in [0.15, 0.2) is 11.1 Å². The molecule has 0 aromatic carbocycles. The van der Waals surface area contributed by atoms with Gasteiger partial charge in [0, 0.05) is 0 Å². The van der Waals surface area contributed by atoms with E-state index in [1.54, 1.807) is 0 Å². The van der Waals surface area contributed by atoms with E-state index in [0.717, 1.165) is 10.9 Å². The Kier molecular flexibility index (Phi) is 3.36. The third-order valence-electron chi connectivity index (χ3n) is 3.69. The molecule has 3 rings (SSSR count). The zero-order valence-corrected chi connectivity index (χ0v) is 11.2. The molecule has 3 heterocycles. The summed E-state index contributed by atoms with van der Waals surface area (Å²) in [6.45, 7) is -1.96. The fourth-order valence-electron chi connectivity index (χ4n) is 2.53. The smallest absolute Gasteiger partial charge is 0.280 e. The number of hydrogen-bond acceptors (Lipinski definition) is 8. The van der Waals surface area contributed by atoms with Crippen LogP contribution in [-0.4, -0.2) is 65.9 Å². The Morgan fingerprint density at radius 1 is 1.59 bits per heavy atom. The first-order valence-electron chi connectivity index (χ1n) is 6.37. The Balaban J connectivity index is 2.16. The Hall–Kier alpha value is -2.08. The summed E-state index contributed by atoms with van der Waals surface area (Å²) in [7, 11) is 0. The van der Waals surface area contributed by atoms with Crippen molar-refractivity contribution in [1.82, 2.24) is 19.5 Å². The molecule has 22 heavy (non-hydrogen) atoms. The lowest BCUT2D eigenvalue weighted by Gasteiger charge is -2.28.